The Morgan fingerprint density at radius 1 is 1.33 bits per heavy atom. The molecule has 0 aliphatic heterocycles. The van der Waals surface area contributed by atoms with Crippen LogP contribution in [0.4, 0.5) is 10.2 Å². The van der Waals surface area contributed by atoms with Gasteiger partial charge in [-0.2, -0.15) is 0 Å². The van der Waals surface area contributed by atoms with Crippen LogP contribution in [-0.2, 0) is 0 Å². The zero-order valence-electron chi connectivity index (χ0n) is 13.4. The van der Waals surface area contributed by atoms with E-state index in [2.05, 4.69) is 48.2 Å². The van der Waals surface area contributed by atoms with E-state index < -0.39 is 5.82 Å². The fraction of sp³-hybridized carbons (Fsp3) is 0.600. The second-order valence-electron chi connectivity index (χ2n) is 5.48. The maximum absolute atomic E-state index is 13.2. The average Bonchev–Trinajstić information content (AvgIpc) is 2.42. The lowest BCUT2D eigenvalue weighted by molar-refractivity contribution is 0.0939. The van der Waals surface area contributed by atoms with Gasteiger partial charge in [0.05, 0.1) is 11.8 Å². The lowest BCUT2D eigenvalue weighted by atomic mass is 10.2. The number of nitrogens with zero attached hydrogens (tertiary/aromatic N) is 2. The van der Waals surface area contributed by atoms with Gasteiger partial charge < -0.3 is 10.6 Å². The van der Waals surface area contributed by atoms with Gasteiger partial charge in [-0.05, 0) is 33.8 Å². The van der Waals surface area contributed by atoms with E-state index in [0.717, 1.165) is 12.7 Å². The number of aromatic nitrogens is 1. The fourth-order valence-corrected chi connectivity index (χ4v) is 2.32. The Labute approximate surface area is 125 Å². The molecule has 0 aliphatic rings. The summed E-state index contributed by atoms with van der Waals surface area (Å²) >= 11 is 0. The zero-order valence-corrected chi connectivity index (χ0v) is 13.4. The van der Waals surface area contributed by atoms with Crippen molar-refractivity contribution in [2.75, 3.05) is 25.5 Å². The fourth-order valence-electron chi connectivity index (χ4n) is 2.32. The molecule has 1 aromatic rings. The van der Waals surface area contributed by atoms with Gasteiger partial charge in [0.15, 0.2) is 0 Å². The van der Waals surface area contributed by atoms with Crippen molar-refractivity contribution >= 4 is 11.7 Å². The normalized spacial score (nSPS) is 11.3. The predicted molar refractivity (Wildman–Crippen MR) is 83.1 cm³/mol. The summed E-state index contributed by atoms with van der Waals surface area (Å²) in [6.07, 6.45) is 1.09. The number of pyridine rings is 1. The van der Waals surface area contributed by atoms with Gasteiger partial charge >= 0.3 is 0 Å². The number of carbonyl (C=O) groups excluding carboxylic acids is 1. The van der Waals surface area contributed by atoms with E-state index in [1.54, 1.807) is 7.05 Å². The molecule has 1 aromatic heterocycles. The molecule has 0 unspecified atom stereocenters. The first-order valence-electron chi connectivity index (χ1n) is 7.24. The molecule has 2 N–H and O–H groups in total. The van der Waals surface area contributed by atoms with Gasteiger partial charge in [0.2, 0.25) is 0 Å². The van der Waals surface area contributed by atoms with Gasteiger partial charge in [-0.15, -0.1) is 0 Å². The molecule has 0 bridgehead atoms. The Morgan fingerprint density at radius 3 is 2.48 bits per heavy atom. The molecule has 5 nitrogen and oxygen atoms in total. The van der Waals surface area contributed by atoms with Gasteiger partial charge in [-0.25, -0.2) is 9.37 Å². The number of hydrogen-bond acceptors (Lipinski definition) is 4. The number of anilines is 1. The highest BCUT2D eigenvalue weighted by molar-refractivity contribution is 5.98. The van der Waals surface area contributed by atoms with Crippen molar-refractivity contribution in [1.29, 1.82) is 0 Å². The van der Waals surface area contributed by atoms with Crippen molar-refractivity contribution in [3.63, 3.8) is 0 Å². The molecule has 1 rings (SSSR count). The summed E-state index contributed by atoms with van der Waals surface area (Å²) in [5, 5.41) is 5.60. The zero-order chi connectivity index (χ0) is 16.0. The van der Waals surface area contributed by atoms with E-state index in [9.17, 15) is 9.18 Å². The molecule has 6 heteroatoms. The molecule has 0 radical (unpaired) electrons. The average molecular weight is 296 g/mol. The lowest BCUT2D eigenvalue weighted by Gasteiger charge is -2.30. The van der Waals surface area contributed by atoms with Crippen LogP contribution in [0, 0.1) is 5.82 Å². The monoisotopic (exact) mass is 296 g/mol. The first-order chi connectivity index (χ1) is 9.86. The van der Waals surface area contributed by atoms with Crippen LogP contribution in [0.3, 0.4) is 0 Å². The highest BCUT2D eigenvalue weighted by Gasteiger charge is 2.15. The molecule has 0 atom stereocenters. The first kappa shape index (κ1) is 17.4. The number of nitrogens with one attached hydrogen (secondary N) is 2. The van der Waals surface area contributed by atoms with E-state index >= 15 is 0 Å². The van der Waals surface area contributed by atoms with Crippen LogP contribution in [0.25, 0.3) is 0 Å². The molecule has 0 saturated heterocycles. The molecule has 21 heavy (non-hydrogen) atoms. The van der Waals surface area contributed by atoms with Crippen LogP contribution in [0.5, 0.6) is 0 Å². The van der Waals surface area contributed by atoms with Crippen LogP contribution in [0.1, 0.15) is 38.1 Å². The van der Waals surface area contributed by atoms with Gasteiger partial charge in [-0.1, -0.05) is 0 Å². The summed E-state index contributed by atoms with van der Waals surface area (Å²) in [7, 11) is 1.65. The molecule has 1 heterocycles. The smallest absolute Gasteiger partial charge is 0.255 e. The third-order valence-corrected chi connectivity index (χ3v) is 3.32. The van der Waals surface area contributed by atoms with Crippen LogP contribution in [-0.4, -0.2) is 48.0 Å². The Hall–Kier alpha value is -1.69. The van der Waals surface area contributed by atoms with Gasteiger partial charge in [0, 0.05) is 32.2 Å². The second-order valence-corrected chi connectivity index (χ2v) is 5.48. The van der Waals surface area contributed by atoms with Crippen molar-refractivity contribution in [2.24, 2.45) is 0 Å². The molecule has 1 amide bonds. The molecular weight excluding hydrogens is 271 g/mol. The third-order valence-electron chi connectivity index (χ3n) is 3.32. The molecule has 0 aliphatic carbocycles. The van der Waals surface area contributed by atoms with Crippen molar-refractivity contribution in [3.05, 3.63) is 23.6 Å². The number of amides is 1. The Morgan fingerprint density at radius 2 is 1.95 bits per heavy atom. The number of carbonyl (C=O) groups is 1. The minimum absolute atomic E-state index is 0.221. The molecule has 118 valence electrons. The summed E-state index contributed by atoms with van der Waals surface area (Å²) in [6.45, 7) is 9.75. The lowest BCUT2D eigenvalue weighted by Crippen LogP contribution is -2.42. The highest BCUT2D eigenvalue weighted by atomic mass is 19.1. The summed E-state index contributed by atoms with van der Waals surface area (Å²) in [6, 6.07) is 2.01. The summed E-state index contributed by atoms with van der Waals surface area (Å²) in [4.78, 5) is 18.3. The van der Waals surface area contributed by atoms with Crippen LogP contribution < -0.4 is 10.6 Å². The Balaban J connectivity index is 2.64. The standard InChI is InChI=1S/C15H25FN4O/c1-10(2)20(11(3)4)7-6-18-15(21)13-8-12(16)9-19-14(13)17-5/h8-11H,6-7H2,1-5H3,(H,17,19)(H,18,21). The predicted octanol–water partition coefficient (Wildman–Crippen LogP) is 2.11. The highest BCUT2D eigenvalue weighted by Crippen LogP contribution is 2.12. The SMILES string of the molecule is CNc1ncc(F)cc1C(=O)NCCN(C(C)C)C(C)C. The van der Waals surface area contributed by atoms with Gasteiger partial charge in [0.1, 0.15) is 11.6 Å². The maximum atomic E-state index is 13.2. The largest absolute Gasteiger partial charge is 0.372 e. The summed E-state index contributed by atoms with van der Waals surface area (Å²) < 4.78 is 13.2. The van der Waals surface area contributed by atoms with E-state index in [1.807, 2.05) is 0 Å². The number of rotatable bonds is 7. The summed E-state index contributed by atoms with van der Waals surface area (Å²) in [5.74, 6) is -0.470. The Bertz CT molecular complexity index is 469. The molecule has 0 aromatic carbocycles. The van der Waals surface area contributed by atoms with E-state index in [0.29, 0.717) is 24.4 Å². The minimum Gasteiger partial charge on any atom is -0.372 e. The van der Waals surface area contributed by atoms with Crippen LogP contribution >= 0.6 is 0 Å². The minimum atomic E-state index is -0.523. The van der Waals surface area contributed by atoms with E-state index in [1.165, 1.54) is 6.07 Å². The topological polar surface area (TPSA) is 57.3 Å². The summed E-state index contributed by atoms with van der Waals surface area (Å²) in [5.41, 5.74) is 0.221. The Kier molecular flexibility index (Phi) is 6.55. The molecule has 0 fully saturated rings. The van der Waals surface area contributed by atoms with Gasteiger partial charge in [0.25, 0.3) is 5.91 Å². The molecule has 0 spiro atoms. The third kappa shape index (κ3) is 4.97. The number of hydrogen-bond donors (Lipinski definition) is 2. The quantitative estimate of drug-likeness (QED) is 0.809. The second kappa shape index (κ2) is 7.93. The van der Waals surface area contributed by atoms with Crippen LogP contribution in [0.15, 0.2) is 12.3 Å². The van der Waals surface area contributed by atoms with Crippen molar-refractivity contribution in [3.8, 4) is 0 Å². The van der Waals surface area contributed by atoms with E-state index in [-0.39, 0.29) is 11.5 Å². The van der Waals surface area contributed by atoms with Crippen LogP contribution in [0.2, 0.25) is 0 Å². The van der Waals surface area contributed by atoms with Crippen molar-refractivity contribution < 1.29 is 9.18 Å². The van der Waals surface area contributed by atoms with Crippen molar-refractivity contribution in [1.82, 2.24) is 15.2 Å². The van der Waals surface area contributed by atoms with Crippen molar-refractivity contribution in [2.45, 2.75) is 39.8 Å². The number of halogens is 1. The maximum Gasteiger partial charge on any atom is 0.255 e. The molecule has 0 saturated carbocycles. The molecular formula is C15H25FN4O. The first-order valence-corrected chi connectivity index (χ1v) is 7.24. The van der Waals surface area contributed by atoms with E-state index in [4.69, 9.17) is 0 Å². The van der Waals surface area contributed by atoms with Gasteiger partial charge in [-0.3, -0.25) is 9.69 Å².